The summed E-state index contributed by atoms with van der Waals surface area (Å²) in [4.78, 5) is 13.7. The summed E-state index contributed by atoms with van der Waals surface area (Å²) < 4.78 is 1.88. The van der Waals surface area contributed by atoms with E-state index in [9.17, 15) is 4.79 Å². The lowest BCUT2D eigenvalue weighted by Gasteiger charge is -2.14. The molecule has 0 saturated heterocycles. The maximum absolute atomic E-state index is 12.1. The third kappa shape index (κ3) is 3.17. The molecule has 1 aromatic carbocycles. The number of carbonyl (C=O) groups excluding carboxylic acids is 1. The van der Waals surface area contributed by atoms with Gasteiger partial charge >= 0.3 is 0 Å². The van der Waals surface area contributed by atoms with Gasteiger partial charge in [0.15, 0.2) is 0 Å². The predicted molar refractivity (Wildman–Crippen MR) is 79.7 cm³/mol. The van der Waals surface area contributed by atoms with E-state index in [1.807, 2.05) is 41.3 Å². The quantitative estimate of drug-likeness (QED) is 0.908. The zero-order valence-electron chi connectivity index (χ0n) is 12.1. The van der Waals surface area contributed by atoms with Crippen molar-refractivity contribution in [2.75, 3.05) is 19.4 Å². The van der Waals surface area contributed by atoms with E-state index in [0.717, 1.165) is 17.8 Å². The van der Waals surface area contributed by atoms with Gasteiger partial charge in [-0.2, -0.15) is 5.10 Å². The van der Waals surface area contributed by atoms with Gasteiger partial charge in [-0.1, -0.05) is 12.1 Å². The summed E-state index contributed by atoms with van der Waals surface area (Å²) >= 11 is 0. The Bertz CT molecular complexity index is 589. The first kappa shape index (κ1) is 14.1. The average Bonchev–Trinajstić information content (AvgIpc) is 2.92. The zero-order valence-corrected chi connectivity index (χ0v) is 12.1. The number of hydrogen-bond donors (Lipinski definition) is 1. The fourth-order valence-corrected chi connectivity index (χ4v) is 1.93. The van der Waals surface area contributed by atoms with Gasteiger partial charge < -0.3 is 10.2 Å². The van der Waals surface area contributed by atoms with Crippen LogP contribution in [0.15, 0.2) is 36.7 Å². The highest BCUT2D eigenvalue weighted by atomic mass is 16.2. The van der Waals surface area contributed by atoms with Gasteiger partial charge in [-0.15, -0.1) is 0 Å². The molecule has 0 fully saturated rings. The molecule has 0 atom stereocenters. The highest BCUT2D eigenvalue weighted by Gasteiger charge is 2.12. The number of para-hydroxylation sites is 1. The van der Waals surface area contributed by atoms with Crippen molar-refractivity contribution in [2.24, 2.45) is 0 Å². The molecule has 0 radical (unpaired) electrons. The fraction of sp³-hybridized carbons (Fsp3) is 0.333. The fourth-order valence-electron chi connectivity index (χ4n) is 1.93. The molecular formula is C15H20N4O. The molecule has 2 rings (SSSR count). The smallest absolute Gasteiger partial charge is 0.255 e. The van der Waals surface area contributed by atoms with Crippen molar-refractivity contribution in [3.63, 3.8) is 0 Å². The summed E-state index contributed by atoms with van der Waals surface area (Å²) in [7, 11) is 3.51. The third-order valence-corrected chi connectivity index (χ3v) is 3.06. The molecule has 0 bridgehead atoms. The molecule has 0 aliphatic heterocycles. The van der Waals surface area contributed by atoms with Crippen molar-refractivity contribution in [3.05, 3.63) is 47.8 Å². The van der Waals surface area contributed by atoms with Crippen LogP contribution in [0.2, 0.25) is 0 Å². The molecule has 5 nitrogen and oxygen atoms in total. The average molecular weight is 272 g/mol. The Morgan fingerprint density at radius 1 is 1.35 bits per heavy atom. The molecule has 0 spiro atoms. The Morgan fingerprint density at radius 3 is 2.75 bits per heavy atom. The van der Waals surface area contributed by atoms with Gasteiger partial charge in [0.1, 0.15) is 0 Å². The molecular weight excluding hydrogens is 252 g/mol. The highest BCUT2D eigenvalue weighted by molar-refractivity contribution is 5.99. The van der Waals surface area contributed by atoms with Crippen LogP contribution in [-0.4, -0.2) is 34.7 Å². The number of anilines is 1. The van der Waals surface area contributed by atoms with Crippen molar-refractivity contribution < 1.29 is 4.79 Å². The number of hydrogen-bond acceptors (Lipinski definition) is 3. The Morgan fingerprint density at radius 2 is 2.10 bits per heavy atom. The molecule has 1 aromatic heterocycles. The van der Waals surface area contributed by atoms with Crippen molar-refractivity contribution >= 4 is 11.6 Å². The van der Waals surface area contributed by atoms with E-state index in [0.29, 0.717) is 12.1 Å². The van der Waals surface area contributed by atoms with E-state index in [2.05, 4.69) is 17.3 Å². The van der Waals surface area contributed by atoms with Crippen LogP contribution in [0.3, 0.4) is 0 Å². The van der Waals surface area contributed by atoms with Crippen LogP contribution < -0.4 is 5.32 Å². The van der Waals surface area contributed by atoms with Crippen LogP contribution in [0, 0.1) is 0 Å². The first-order valence-corrected chi connectivity index (χ1v) is 6.67. The topological polar surface area (TPSA) is 50.2 Å². The van der Waals surface area contributed by atoms with Gasteiger partial charge in [-0.3, -0.25) is 9.48 Å². The lowest BCUT2D eigenvalue weighted by molar-refractivity contribution is 0.0828. The molecule has 5 heteroatoms. The van der Waals surface area contributed by atoms with E-state index < -0.39 is 0 Å². The molecule has 1 N–H and O–H groups in total. The number of aromatic nitrogens is 2. The first-order chi connectivity index (χ1) is 9.61. The van der Waals surface area contributed by atoms with Crippen molar-refractivity contribution in [2.45, 2.75) is 20.0 Å². The summed E-state index contributed by atoms with van der Waals surface area (Å²) in [6.45, 7) is 3.56. The Balaban J connectivity index is 2.11. The molecule has 1 amide bonds. The van der Waals surface area contributed by atoms with E-state index in [1.165, 1.54) is 0 Å². The number of amides is 1. The third-order valence-electron chi connectivity index (χ3n) is 3.06. The van der Waals surface area contributed by atoms with Crippen LogP contribution in [0.25, 0.3) is 0 Å². The zero-order chi connectivity index (χ0) is 14.5. The van der Waals surface area contributed by atoms with E-state index >= 15 is 0 Å². The molecule has 2 aromatic rings. The first-order valence-electron chi connectivity index (χ1n) is 6.67. The molecule has 20 heavy (non-hydrogen) atoms. The van der Waals surface area contributed by atoms with Crippen molar-refractivity contribution in [1.29, 1.82) is 0 Å². The maximum atomic E-state index is 12.1. The highest BCUT2D eigenvalue weighted by Crippen LogP contribution is 2.17. The summed E-state index contributed by atoms with van der Waals surface area (Å²) in [5.41, 5.74) is 2.62. The predicted octanol–water partition coefficient (Wildman–Crippen LogP) is 2.22. The van der Waals surface area contributed by atoms with Gasteiger partial charge in [0.25, 0.3) is 5.91 Å². The van der Waals surface area contributed by atoms with E-state index in [4.69, 9.17) is 0 Å². The monoisotopic (exact) mass is 272 g/mol. The lowest BCUT2D eigenvalue weighted by atomic mass is 10.1. The standard InChI is InChI=1S/C15H20N4O/c1-4-19-11-12(10-17-19)9-16-14-8-6-5-7-13(14)15(20)18(2)3/h5-8,10-11,16H,4,9H2,1-3H3. The Hall–Kier alpha value is -2.30. The molecule has 0 unspecified atom stereocenters. The SMILES string of the molecule is CCn1cc(CNc2ccccc2C(=O)N(C)C)cn1. The number of nitrogens with zero attached hydrogens (tertiary/aromatic N) is 3. The molecule has 0 aliphatic rings. The van der Waals surface area contributed by atoms with E-state index in [-0.39, 0.29) is 5.91 Å². The minimum atomic E-state index is -0.00245. The largest absolute Gasteiger partial charge is 0.380 e. The molecule has 1 heterocycles. The number of nitrogens with one attached hydrogen (secondary N) is 1. The lowest BCUT2D eigenvalue weighted by Crippen LogP contribution is -2.22. The van der Waals surface area contributed by atoms with Crippen LogP contribution in [0.4, 0.5) is 5.69 Å². The summed E-state index contributed by atoms with van der Waals surface area (Å²) in [6, 6.07) is 7.54. The molecule has 0 aliphatic carbocycles. The maximum Gasteiger partial charge on any atom is 0.255 e. The van der Waals surface area contributed by atoms with E-state index in [1.54, 1.807) is 19.0 Å². The molecule has 0 saturated carbocycles. The van der Waals surface area contributed by atoms with Gasteiger partial charge in [0, 0.05) is 44.6 Å². The summed E-state index contributed by atoms with van der Waals surface area (Å²) in [5, 5.41) is 7.54. The normalized spacial score (nSPS) is 10.3. The van der Waals surface area contributed by atoms with Gasteiger partial charge in [0.05, 0.1) is 11.8 Å². The summed E-state index contributed by atoms with van der Waals surface area (Å²) in [6.07, 6.45) is 3.84. The number of benzene rings is 1. The van der Waals surface area contributed by atoms with Gasteiger partial charge in [-0.05, 0) is 19.1 Å². The summed E-state index contributed by atoms with van der Waals surface area (Å²) in [5.74, 6) is -0.00245. The number of carbonyl (C=O) groups is 1. The van der Waals surface area contributed by atoms with Crippen molar-refractivity contribution in [1.82, 2.24) is 14.7 Å². The van der Waals surface area contributed by atoms with Gasteiger partial charge in [0.2, 0.25) is 0 Å². The minimum absolute atomic E-state index is 0.00245. The van der Waals surface area contributed by atoms with Crippen LogP contribution in [-0.2, 0) is 13.1 Å². The minimum Gasteiger partial charge on any atom is -0.380 e. The van der Waals surface area contributed by atoms with Crippen LogP contribution in [0.1, 0.15) is 22.8 Å². The molecule has 106 valence electrons. The number of aryl methyl sites for hydroxylation is 1. The van der Waals surface area contributed by atoms with Crippen LogP contribution >= 0.6 is 0 Å². The Labute approximate surface area is 119 Å². The second-order valence-electron chi connectivity index (χ2n) is 4.80. The van der Waals surface area contributed by atoms with Crippen LogP contribution in [0.5, 0.6) is 0 Å². The van der Waals surface area contributed by atoms with Gasteiger partial charge in [-0.25, -0.2) is 0 Å². The number of rotatable bonds is 5. The second-order valence-corrected chi connectivity index (χ2v) is 4.80. The second kappa shape index (κ2) is 6.23. The van der Waals surface area contributed by atoms with Crippen molar-refractivity contribution in [3.8, 4) is 0 Å². The Kier molecular flexibility index (Phi) is 4.40.